The molecule has 0 aliphatic rings. The van der Waals surface area contributed by atoms with Gasteiger partial charge >= 0.3 is 0 Å². The van der Waals surface area contributed by atoms with Crippen molar-refractivity contribution in [1.82, 2.24) is 14.6 Å². The Morgan fingerprint density at radius 1 is 1.11 bits per heavy atom. The lowest BCUT2D eigenvalue weighted by Crippen LogP contribution is -2.14. The van der Waals surface area contributed by atoms with Crippen molar-refractivity contribution in [3.8, 4) is 17.2 Å². The smallest absolute Gasteiger partial charge is 0.228 e. The molecule has 4 aromatic rings. The summed E-state index contributed by atoms with van der Waals surface area (Å²) in [6.45, 7) is 0. The fourth-order valence-electron chi connectivity index (χ4n) is 2.93. The zero-order valence-corrected chi connectivity index (χ0v) is 14.6. The first-order chi connectivity index (χ1) is 13.6. The molecule has 6 nitrogen and oxygen atoms in total. The highest BCUT2D eigenvalue weighted by Crippen LogP contribution is 2.21. The Labute approximate surface area is 159 Å². The van der Waals surface area contributed by atoms with Gasteiger partial charge in [-0.1, -0.05) is 24.3 Å². The van der Waals surface area contributed by atoms with E-state index in [0.29, 0.717) is 0 Å². The molecule has 0 unspecified atom stereocenters. The molecule has 0 aliphatic heterocycles. The summed E-state index contributed by atoms with van der Waals surface area (Å²) in [7, 11) is 0. The summed E-state index contributed by atoms with van der Waals surface area (Å²) >= 11 is 0. The number of pyridine rings is 1. The maximum Gasteiger partial charge on any atom is 0.228 e. The lowest BCUT2D eigenvalue weighted by Gasteiger charge is -2.07. The zero-order valence-electron chi connectivity index (χ0n) is 14.6. The minimum absolute atomic E-state index is 0.141. The van der Waals surface area contributed by atoms with Gasteiger partial charge in [-0.3, -0.25) is 4.79 Å². The molecule has 1 amide bonds. The zero-order chi connectivity index (χ0) is 19.5. The highest BCUT2D eigenvalue weighted by atomic mass is 19.1. The van der Waals surface area contributed by atoms with Crippen molar-refractivity contribution < 1.29 is 9.18 Å². The van der Waals surface area contributed by atoms with E-state index in [1.54, 1.807) is 4.52 Å². The van der Waals surface area contributed by atoms with Crippen LogP contribution in [0.15, 0.2) is 67.1 Å². The largest absolute Gasteiger partial charge is 0.326 e. The van der Waals surface area contributed by atoms with E-state index in [9.17, 15) is 9.18 Å². The van der Waals surface area contributed by atoms with Crippen LogP contribution in [0.5, 0.6) is 0 Å². The molecule has 0 saturated heterocycles. The normalized spacial score (nSPS) is 10.6. The van der Waals surface area contributed by atoms with Gasteiger partial charge in [0.25, 0.3) is 0 Å². The van der Waals surface area contributed by atoms with E-state index in [-0.39, 0.29) is 23.6 Å². The lowest BCUT2D eigenvalue weighted by molar-refractivity contribution is -0.115. The molecule has 0 aliphatic carbocycles. The van der Waals surface area contributed by atoms with Crippen molar-refractivity contribution in [2.75, 3.05) is 5.32 Å². The van der Waals surface area contributed by atoms with Gasteiger partial charge in [0.2, 0.25) is 5.91 Å². The van der Waals surface area contributed by atoms with Gasteiger partial charge in [0.05, 0.1) is 18.1 Å². The molecule has 2 aromatic heterocycles. The van der Waals surface area contributed by atoms with Crippen LogP contribution in [0.2, 0.25) is 0 Å². The fourth-order valence-corrected chi connectivity index (χ4v) is 2.93. The second kappa shape index (κ2) is 7.29. The average molecular weight is 371 g/mol. The molecule has 7 heteroatoms. The first-order valence-electron chi connectivity index (χ1n) is 8.50. The van der Waals surface area contributed by atoms with Crippen molar-refractivity contribution in [2.24, 2.45) is 0 Å². The van der Waals surface area contributed by atoms with E-state index in [0.717, 1.165) is 28.4 Å². The summed E-state index contributed by atoms with van der Waals surface area (Å²) in [6, 6.07) is 17.1. The van der Waals surface area contributed by atoms with Gasteiger partial charge in [-0.25, -0.2) is 13.9 Å². The number of carbonyl (C=O) groups is 1. The number of aromatic nitrogens is 3. The van der Waals surface area contributed by atoms with Crippen molar-refractivity contribution in [3.63, 3.8) is 0 Å². The quantitative estimate of drug-likeness (QED) is 0.594. The number of nitrogens with one attached hydrogen (secondary N) is 1. The van der Waals surface area contributed by atoms with E-state index in [1.807, 2.05) is 48.7 Å². The van der Waals surface area contributed by atoms with Gasteiger partial charge in [0.15, 0.2) is 5.65 Å². The number of fused-ring (bicyclic) bond motifs is 1. The fraction of sp³-hybridized carbons (Fsp3) is 0.0476. The SMILES string of the molecule is N#Cc1cc(F)cc(NC(=O)Cc2ccc(-c3ccn4ncnc4c3)cc2)c1. The summed E-state index contributed by atoms with van der Waals surface area (Å²) in [4.78, 5) is 16.4. The van der Waals surface area contributed by atoms with Crippen LogP contribution in [0.25, 0.3) is 16.8 Å². The van der Waals surface area contributed by atoms with E-state index in [2.05, 4.69) is 15.4 Å². The monoisotopic (exact) mass is 371 g/mol. The molecule has 4 rings (SSSR count). The number of nitrogens with zero attached hydrogens (tertiary/aromatic N) is 4. The second-order valence-corrected chi connectivity index (χ2v) is 6.24. The Kier molecular flexibility index (Phi) is 4.52. The van der Waals surface area contributed by atoms with Crippen LogP contribution < -0.4 is 5.32 Å². The van der Waals surface area contributed by atoms with E-state index in [4.69, 9.17) is 5.26 Å². The lowest BCUT2D eigenvalue weighted by atomic mass is 10.0. The molecule has 0 bridgehead atoms. The van der Waals surface area contributed by atoms with Crippen LogP contribution in [0, 0.1) is 17.1 Å². The highest BCUT2D eigenvalue weighted by molar-refractivity contribution is 5.92. The van der Waals surface area contributed by atoms with Crippen molar-refractivity contribution in [2.45, 2.75) is 6.42 Å². The molecule has 2 aromatic carbocycles. The number of carbonyl (C=O) groups excluding carboxylic acids is 1. The van der Waals surface area contributed by atoms with Gasteiger partial charge in [0, 0.05) is 11.9 Å². The summed E-state index contributed by atoms with van der Waals surface area (Å²) in [5, 5.41) is 15.6. The van der Waals surface area contributed by atoms with Crippen LogP contribution in [0.1, 0.15) is 11.1 Å². The summed E-state index contributed by atoms with van der Waals surface area (Å²) in [5.74, 6) is -0.851. The first kappa shape index (κ1) is 17.4. The summed E-state index contributed by atoms with van der Waals surface area (Å²) < 4.78 is 15.1. The van der Waals surface area contributed by atoms with Crippen LogP contribution in [0.3, 0.4) is 0 Å². The molecular formula is C21H14FN5O. The van der Waals surface area contributed by atoms with Gasteiger partial charge in [-0.05, 0) is 47.0 Å². The van der Waals surface area contributed by atoms with Crippen LogP contribution >= 0.6 is 0 Å². The number of rotatable bonds is 4. The maximum absolute atomic E-state index is 13.5. The number of halogens is 1. The third kappa shape index (κ3) is 3.71. The van der Waals surface area contributed by atoms with Gasteiger partial charge in [-0.15, -0.1) is 0 Å². The predicted molar refractivity (Wildman–Crippen MR) is 102 cm³/mol. The molecule has 0 radical (unpaired) electrons. The van der Waals surface area contributed by atoms with E-state index in [1.165, 1.54) is 18.5 Å². The number of benzene rings is 2. The third-order valence-electron chi connectivity index (χ3n) is 4.24. The summed E-state index contributed by atoms with van der Waals surface area (Å²) in [5.41, 5.74) is 4.00. The molecule has 28 heavy (non-hydrogen) atoms. The van der Waals surface area contributed by atoms with Gasteiger partial charge in [0.1, 0.15) is 12.1 Å². The summed E-state index contributed by atoms with van der Waals surface area (Å²) in [6.07, 6.45) is 3.48. The minimum Gasteiger partial charge on any atom is -0.326 e. The van der Waals surface area contributed by atoms with Gasteiger partial charge in [-0.2, -0.15) is 10.4 Å². The number of hydrogen-bond acceptors (Lipinski definition) is 4. The Hall–Kier alpha value is -4.05. The topological polar surface area (TPSA) is 83.1 Å². The van der Waals surface area contributed by atoms with Crippen LogP contribution in [-0.4, -0.2) is 20.5 Å². The minimum atomic E-state index is -0.566. The molecule has 0 fully saturated rings. The molecule has 0 spiro atoms. The predicted octanol–water partition coefficient (Wildman–Crippen LogP) is 3.59. The van der Waals surface area contributed by atoms with Crippen molar-refractivity contribution in [3.05, 3.63) is 84.1 Å². The van der Waals surface area contributed by atoms with Crippen LogP contribution in [0.4, 0.5) is 10.1 Å². The Morgan fingerprint density at radius 3 is 2.71 bits per heavy atom. The van der Waals surface area contributed by atoms with Crippen molar-refractivity contribution in [1.29, 1.82) is 5.26 Å². The Bertz CT molecular complexity index is 1210. The van der Waals surface area contributed by atoms with Crippen molar-refractivity contribution >= 4 is 17.2 Å². The number of amides is 1. The molecule has 1 N–H and O–H groups in total. The number of anilines is 1. The number of nitriles is 1. The first-order valence-corrected chi connectivity index (χ1v) is 8.50. The number of hydrogen-bond donors (Lipinski definition) is 1. The Morgan fingerprint density at radius 2 is 1.93 bits per heavy atom. The second-order valence-electron chi connectivity index (χ2n) is 6.24. The average Bonchev–Trinajstić information content (AvgIpc) is 3.15. The van der Waals surface area contributed by atoms with E-state index >= 15 is 0 Å². The molecular weight excluding hydrogens is 357 g/mol. The molecule has 2 heterocycles. The maximum atomic E-state index is 13.5. The van der Waals surface area contributed by atoms with Crippen LogP contribution in [-0.2, 0) is 11.2 Å². The highest BCUT2D eigenvalue weighted by Gasteiger charge is 2.08. The van der Waals surface area contributed by atoms with Gasteiger partial charge < -0.3 is 5.32 Å². The third-order valence-corrected chi connectivity index (χ3v) is 4.24. The molecule has 0 saturated carbocycles. The molecule has 0 atom stereocenters. The van der Waals surface area contributed by atoms with E-state index < -0.39 is 5.82 Å². The Balaban J connectivity index is 1.46. The standard InChI is InChI=1S/C21H14FN5O/c22-18-7-15(12-23)8-19(11-18)26-21(28)9-14-1-3-16(4-2-14)17-5-6-27-20(10-17)24-13-25-27/h1-8,10-11,13H,9H2,(H,26,28). The molecule has 136 valence electrons.